The molecule has 0 radical (unpaired) electrons. The summed E-state index contributed by atoms with van der Waals surface area (Å²) in [4.78, 5) is 25.1. The number of hydrogen-bond acceptors (Lipinski definition) is 2. The van der Waals surface area contributed by atoms with Crippen LogP contribution in [0.4, 0.5) is 11.4 Å². The SMILES string of the molecule is Cc1cccc(NC(=O)C2CCC(C(=O)Nc3cc(C)ccc3C)CC2)c1. The van der Waals surface area contributed by atoms with E-state index in [-0.39, 0.29) is 23.7 Å². The van der Waals surface area contributed by atoms with E-state index in [1.165, 1.54) is 0 Å². The number of amides is 2. The van der Waals surface area contributed by atoms with Gasteiger partial charge < -0.3 is 10.6 Å². The molecule has 0 heterocycles. The third-order valence-electron chi connectivity index (χ3n) is 5.41. The first-order valence-electron chi connectivity index (χ1n) is 9.68. The van der Waals surface area contributed by atoms with Crippen LogP contribution in [0.1, 0.15) is 42.4 Å². The molecule has 2 aromatic carbocycles. The van der Waals surface area contributed by atoms with E-state index in [2.05, 4.69) is 10.6 Å². The van der Waals surface area contributed by atoms with Gasteiger partial charge in [-0.15, -0.1) is 0 Å². The average molecular weight is 364 g/mol. The van der Waals surface area contributed by atoms with Crippen molar-refractivity contribution in [3.05, 3.63) is 59.2 Å². The number of carbonyl (C=O) groups is 2. The summed E-state index contributed by atoms with van der Waals surface area (Å²) in [5.41, 5.74) is 5.06. The van der Waals surface area contributed by atoms with Gasteiger partial charge in [-0.25, -0.2) is 0 Å². The number of carbonyl (C=O) groups excluding carboxylic acids is 2. The van der Waals surface area contributed by atoms with Crippen molar-refractivity contribution >= 4 is 23.2 Å². The predicted octanol–water partition coefficient (Wildman–Crippen LogP) is 5.00. The van der Waals surface area contributed by atoms with E-state index in [1.807, 2.05) is 63.2 Å². The van der Waals surface area contributed by atoms with Crippen molar-refractivity contribution in [2.75, 3.05) is 10.6 Å². The van der Waals surface area contributed by atoms with Crippen molar-refractivity contribution in [3.8, 4) is 0 Å². The lowest BCUT2D eigenvalue weighted by Crippen LogP contribution is -2.32. The highest BCUT2D eigenvalue weighted by Gasteiger charge is 2.30. The topological polar surface area (TPSA) is 58.2 Å². The van der Waals surface area contributed by atoms with Crippen LogP contribution in [0, 0.1) is 32.6 Å². The molecule has 4 heteroatoms. The summed E-state index contributed by atoms with van der Waals surface area (Å²) in [6, 6.07) is 13.9. The van der Waals surface area contributed by atoms with Gasteiger partial charge in [0.15, 0.2) is 0 Å². The highest BCUT2D eigenvalue weighted by atomic mass is 16.2. The van der Waals surface area contributed by atoms with Crippen LogP contribution in [0.25, 0.3) is 0 Å². The Morgan fingerprint density at radius 1 is 0.778 bits per heavy atom. The molecule has 0 aliphatic heterocycles. The molecule has 0 bridgehead atoms. The Kier molecular flexibility index (Phi) is 5.94. The van der Waals surface area contributed by atoms with E-state index in [0.29, 0.717) is 0 Å². The zero-order valence-electron chi connectivity index (χ0n) is 16.3. The summed E-state index contributed by atoms with van der Waals surface area (Å²) in [6.45, 7) is 6.03. The van der Waals surface area contributed by atoms with E-state index in [0.717, 1.165) is 53.7 Å². The Bertz CT molecular complexity index is 836. The first-order valence-corrected chi connectivity index (χ1v) is 9.68. The molecule has 0 spiro atoms. The maximum absolute atomic E-state index is 12.6. The first-order chi connectivity index (χ1) is 12.9. The van der Waals surface area contributed by atoms with Crippen molar-refractivity contribution in [1.29, 1.82) is 0 Å². The standard InChI is InChI=1S/C23H28N2O2/c1-15-5-4-6-20(13-15)24-22(26)18-9-11-19(12-10-18)23(27)25-21-14-16(2)7-8-17(21)3/h4-8,13-14,18-19H,9-12H2,1-3H3,(H,24,26)(H,25,27). The molecule has 1 saturated carbocycles. The number of anilines is 2. The van der Waals surface area contributed by atoms with Crippen LogP contribution in [-0.2, 0) is 9.59 Å². The number of hydrogen-bond donors (Lipinski definition) is 2. The molecular weight excluding hydrogens is 336 g/mol. The van der Waals surface area contributed by atoms with Crippen LogP contribution >= 0.6 is 0 Å². The summed E-state index contributed by atoms with van der Waals surface area (Å²) < 4.78 is 0. The van der Waals surface area contributed by atoms with Gasteiger partial charge in [0.05, 0.1) is 0 Å². The zero-order chi connectivity index (χ0) is 19.4. The number of aryl methyl sites for hydroxylation is 3. The smallest absolute Gasteiger partial charge is 0.227 e. The number of rotatable bonds is 4. The van der Waals surface area contributed by atoms with Crippen molar-refractivity contribution in [1.82, 2.24) is 0 Å². The van der Waals surface area contributed by atoms with Crippen molar-refractivity contribution < 1.29 is 9.59 Å². The molecule has 0 unspecified atom stereocenters. The van der Waals surface area contributed by atoms with Crippen molar-refractivity contribution in [2.24, 2.45) is 11.8 Å². The summed E-state index contributed by atoms with van der Waals surface area (Å²) in [6.07, 6.45) is 3.01. The molecule has 1 aliphatic carbocycles. The normalized spacial score (nSPS) is 19.4. The molecule has 2 N–H and O–H groups in total. The summed E-state index contributed by atoms with van der Waals surface area (Å²) in [7, 11) is 0. The van der Waals surface area contributed by atoms with E-state index in [9.17, 15) is 9.59 Å². The molecule has 27 heavy (non-hydrogen) atoms. The Morgan fingerprint density at radius 2 is 1.37 bits per heavy atom. The molecule has 142 valence electrons. The van der Waals surface area contributed by atoms with Crippen LogP contribution in [0.5, 0.6) is 0 Å². The molecule has 2 amide bonds. The fourth-order valence-electron chi connectivity index (χ4n) is 3.69. The van der Waals surface area contributed by atoms with Gasteiger partial charge in [0.25, 0.3) is 0 Å². The Balaban J connectivity index is 1.52. The lowest BCUT2D eigenvalue weighted by atomic mass is 9.81. The van der Waals surface area contributed by atoms with E-state index < -0.39 is 0 Å². The highest BCUT2D eigenvalue weighted by Crippen LogP contribution is 2.31. The maximum atomic E-state index is 12.6. The van der Waals surface area contributed by atoms with Gasteiger partial charge in [-0.1, -0.05) is 24.3 Å². The van der Waals surface area contributed by atoms with Gasteiger partial charge in [0.2, 0.25) is 11.8 Å². The second-order valence-electron chi connectivity index (χ2n) is 7.71. The second-order valence-corrected chi connectivity index (χ2v) is 7.71. The van der Waals surface area contributed by atoms with Gasteiger partial charge in [0.1, 0.15) is 0 Å². The van der Waals surface area contributed by atoms with Gasteiger partial charge in [0, 0.05) is 23.2 Å². The Hall–Kier alpha value is -2.62. The van der Waals surface area contributed by atoms with Gasteiger partial charge >= 0.3 is 0 Å². The molecule has 3 rings (SSSR count). The summed E-state index contributed by atoms with van der Waals surface area (Å²) >= 11 is 0. The largest absolute Gasteiger partial charge is 0.326 e. The molecule has 4 nitrogen and oxygen atoms in total. The van der Waals surface area contributed by atoms with E-state index in [4.69, 9.17) is 0 Å². The Labute approximate surface area is 161 Å². The second kappa shape index (κ2) is 8.38. The fourth-order valence-corrected chi connectivity index (χ4v) is 3.69. The minimum Gasteiger partial charge on any atom is -0.326 e. The van der Waals surface area contributed by atoms with Gasteiger partial charge in [-0.05, 0) is 81.3 Å². The number of nitrogens with one attached hydrogen (secondary N) is 2. The summed E-state index contributed by atoms with van der Waals surface area (Å²) in [5, 5.41) is 6.08. The lowest BCUT2D eigenvalue weighted by Gasteiger charge is -2.27. The third kappa shape index (κ3) is 4.97. The zero-order valence-corrected chi connectivity index (χ0v) is 16.3. The predicted molar refractivity (Wildman–Crippen MR) is 110 cm³/mol. The van der Waals surface area contributed by atoms with E-state index >= 15 is 0 Å². The van der Waals surface area contributed by atoms with Crippen LogP contribution in [0.15, 0.2) is 42.5 Å². The molecule has 2 aromatic rings. The maximum Gasteiger partial charge on any atom is 0.227 e. The molecule has 0 saturated heterocycles. The van der Waals surface area contributed by atoms with E-state index in [1.54, 1.807) is 0 Å². The number of benzene rings is 2. The van der Waals surface area contributed by atoms with Crippen molar-refractivity contribution in [2.45, 2.75) is 46.5 Å². The molecule has 1 fully saturated rings. The van der Waals surface area contributed by atoms with Crippen LogP contribution in [0.3, 0.4) is 0 Å². The van der Waals surface area contributed by atoms with Gasteiger partial charge in [-0.2, -0.15) is 0 Å². The van der Waals surface area contributed by atoms with Crippen LogP contribution < -0.4 is 10.6 Å². The highest BCUT2D eigenvalue weighted by molar-refractivity contribution is 5.95. The third-order valence-corrected chi connectivity index (χ3v) is 5.41. The monoisotopic (exact) mass is 364 g/mol. The summed E-state index contributed by atoms with van der Waals surface area (Å²) in [5.74, 6) is 0.0958. The molecular formula is C23H28N2O2. The minimum atomic E-state index is -0.0204. The molecule has 0 aromatic heterocycles. The average Bonchev–Trinajstić information content (AvgIpc) is 2.65. The van der Waals surface area contributed by atoms with Crippen molar-refractivity contribution in [3.63, 3.8) is 0 Å². The van der Waals surface area contributed by atoms with Crippen LogP contribution in [0.2, 0.25) is 0 Å². The molecule has 0 atom stereocenters. The Morgan fingerprint density at radius 3 is 2.00 bits per heavy atom. The van der Waals surface area contributed by atoms with Crippen LogP contribution in [-0.4, -0.2) is 11.8 Å². The quantitative estimate of drug-likeness (QED) is 0.802. The molecule has 1 aliphatic rings. The minimum absolute atomic E-state index is 0.0183. The fraction of sp³-hybridized carbons (Fsp3) is 0.391. The van der Waals surface area contributed by atoms with Gasteiger partial charge in [-0.3, -0.25) is 9.59 Å². The first kappa shape index (κ1) is 19.2. The lowest BCUT2D eigenvalue weighted by molar-refractivity contribution is -0.125.